The molecular formula is C12H17N3O4. The number of aromatic nitrogens is 2. The molecule has 7 heteroatoms. The molecule has 1 rings (SSSR count). The fraction of sp³-hybridized carbons (Fsp3) is 0.500. The van der Waals surface area contributed by atoms with Crippen LogP contribution in [-0.2, 0) is 22.6 Å². The number of carbonyl (C=O) groups excluding carboxylic acids is 1. The highest BCUT2D eigenvalue weighted by molar-refractivity contribution is 5.73. The van der Waals surface area contributed by atoms with Crippen molar-refractivity contribution in [2.45, 2.75) is 39.7 Å². The van der Waals surface area contributed by atoms with Gasteiger partial charge in [-0.25, -0.2) is 4.79 Å². The van der Waals surface area contributed by atoms with Crippen LogP contribution in [0.4, 0.5) is 0 Å². The van der Waals surface area contributed by atoms with Crippen LogP contribution < -0.4 is 11.4 Å². The highest BCUT2D eigenvalue weighted by Crippen LogP contribution is 2.12. The number of nitrogens with two attached hydrogens (primary N) is 1. The van der Waals surface area contributed by atoms with Gasteiger partial charge in [0.1, 0.15) is 0 Å². The molecule has 19 heavy (non-hydrogen) atoms. The fourth-order valence-corrected chi connectivity index (χ4v) is 1.92. The Morgan fingerprint density at radius 2 is 1.95 bits per heavy atom. The quantitative estimate of drug-likeness (QED) is 0.737. The summed E-state index contributed by atoms with van der Waals surface area (Å²) in [6.45, 7) is 3.55. The van der Waals surface area contributed by atoms with E-state index in [0.29, 0.717) is 17.8 Å². The van der Waals surface area contributed by atoms with Crippen LogP contribution in [0.2, 0.25) is 0 Å². The summed E-state index contributed by atoms with van der Waals surface area (Å²) in [6, 6.07) is 0. The van der Waals surface area contributed by atoms with Crippen LogP contribution in [0, 0.1) is 13.8 Å². The van der Waals surface area contributed by atoms with Gasteiger partial charge < -0.3 is 10.8 Å². The topological polar surface area (TPSA) is 115 Å². The van der Waals surface area contributed by atoms with Crippen LogP contribution in [0.15, 0.2) is 4.79 Å². The number of carboxylic acids is 1. The minimum Gasteiger partial charge on any atom is -0.481 e. The first-order valence-corrected chi connectivity index (χ1v) is 5.90. The van der Waals surface area contributed by atoms with E-state index in [0.717, 1.165) is 5.56 Å². The number of hydrogen-bond acceptors (Lipinski definition) is 4. The van der Waals surface area contributed by atoms with E-state index in [4.69, 9.17) is 10.8 Å². The van der Waals surface area contributed by atoms with E-state index in [9.17, 15) is 14.4 Å². The molecule has 0 atom stereocenters. The number of carboxylic acid groups (broad SMARTS) is 1. The Hall–Kier alpha value is -2.18. The Kier molecular flexibility index (Phi) is 4.80. The molecule has 1 amide bonds. The van der Waals surface area contributed by atoms with Crippen molar-refractivity contribution < 1.29 is 14.7 Å². The minimum absolute atomic E-state index is 0.0304. The SMILES string of the molecule is Cc1nc(=O)n(CCC(N)=O)c(C)c1CCC(=O)O. The standard InChI is InChI=1S/C12H17N3O4/c1-7-9(3-4-11(17)18)8(2)15(12(19)14-7)6-5-10(13)16/h3-6H2,1-2H3,(H2,13,16)(H,17,18). The molecule has 3 N–H and O–H groups in total. The molecule has 104 valence electrons. The molecule has 0 unspecified atom stereocenters. The van der Waals surface area contributed by atoms with E-state index in [1.807, 2.05) is 0 Å². The van der Waals surface area contributed by atoms with E-state index in [1.165, 1.54) is 4.57 Å². The molecule has 0 aliphatic heterocycles. The number of aliphatic carboxylic acids is 1. The van der Waals surface area contributed by atoms with Crippen LogP contribution >= 0.6 is 0 Å². The predicted octanol–water partition coefficient (Wildman–Crippen LogP) is -0.247. The van der Waals surface area contributed by atoms with Gasteiger partial charge in [0.2, 0.25) is 5.91 Å². The predicted molar refractivity (Wildman–Crippen MR) is 67.7 cm³/mol. The molecule has 7 nitrogen and oxygen atoms in total. The third kappa shape index (κ3) is 3.90. The molecule has 0 aromatic carbocycles. The Bertz CT molecular complexity index is 563. The molecule has 0 radical (unpaired) electrons. The number of hydrogen-bond donors (Lipinski definition) is 2. The average Bonchev–Trinajstić information content (AvgIpc) is 2.27. The monoisotopic (exact) mass is 267 g/mol. The first-order valence-electron chi connectivity index (χ1n) is 5.90. The van der Waals surface area contributed by atoms with E-state index < -0.39 is 17.6 Å². The Morgan fingerprint density at radius 3 is 2.47 bits per heavy atom. The number of nitrogens with zero attached hydrogens (tertiary/aromatic N) is 2. The van der Waals surface area contributed by atoms with Crippen molar-refractivity contribution in [1.82, 2.24) is 9.55 Å². The van der Waals surface area contributed by atoms with Crippen LogP contribution in [0.1, 0.15) is 29.8 Å². The second-order valence-corrected chi connectivity index (χ2v) is 4.31. The van der Waals surface area contributed by atoms with Crippen molar-refractivity contribution in [2.75, 3.05) is 0 Å². The molecule has 0 saturated carbocycles. The molecule has 1 aromatic heterocycles. The third-order valence-corrected chi connectivity index (χ3v) is 2.94. The molecule has 1 heterocycles. The molecular weight excluding hydrogens is 250 g/mol. The molecule has 0 aliphatic rings. The summed E-state index contributed by atoms with van der Waals surface area (Å²) < 4.78 is 1.36. The van der Waals surface area contributed by atoms with Crippen LogP contribution in [0.3, 0.4) is 0 Å². The first kappa shape index (κ1) is 14.9. The van der Waals surface area contributed by atoms with Gasteiger partial charge in [-0.15, -0.1) is 0 Å². The zero-order valence-corrected chi connectivity index (χ0v) is 11.0. The van der Waals surface area contributed by atoms with E-state index in [-0.39, 0.29) is 19.4 Å². The Labute approximate surface area is 110 Å². The molecule has 0 fully saturated rings. The maximum Gasteiger partial charge on any atom is 0.347 e. The van der Waals surface area contributed by atoms with Gasteiger partial charge in [0.15, 0.2) is 0 Å². The minimum atomic E-state index is -0.909. The zero-order valence-electron chi connectivity index (χ0n) is 11.0. The smallest absolute Gasteiger partial charge is 0.347 e. The summed E-state index contributed by atoms with van der Waals surface area (Å²) in [5.74, 6) is -1.41. The maximum atomic E-state index is 11.7. The number of carbonyl (C=O) groups is 2. The number of primary amides is 1. The fourth-order valence-electron chi connectivity index (χ4n) is 1.92. The Balaban J connectivity index is 3.10. The number of rotatable bonds is 6. The summed E-state index contributed by atoms with van der Waals surface area (Å²) >= 11 is 0. The highest BCUT2D eigenvalue weighted by atomic mass is 16.4. The second-order valence-electron chi connectivity index (χ2n) is 4.31. The van der Waals surface area contributed by atoms with Gasteiger partial charge in [-0.3, -0.25) is 14.2 Å². The maximum absolute atomic E-state index is 11.7. The van der Waals surface area contributed by atoms with E-state index in [1.54, 1.807) is 13.8 Å². The highest BCUT2D eigenvalue weighted by Gasteiger charge is 2.13. The van der Waals surface area contributed by atoms with Crippen molar-refractivity contribution >= 4 is 11.9 Å². The normalized spacial score (nSPS) is 10.4. The lowest BCUT2D eigenvalue weighted by atomic mass is 10.1. The van der Waals surface area contributed by atoms with Crippen molar-refractivity contribution in [1.29, 1.82) is 0 Å². The van der Waals surface area contributed by atoms with E-state index in [2.05, 4.69) is 4.98 Å². The largest absolute Gasteiger partial charge is 0.481 e. The number of aryl methyl sites for hydroxylation is 1. The lowest BCUT2D eigenvalue weighted by Crippen LogP contribution is -2.29. The second kappa shape index (κ2) is 6.12. The van der Waals surface area contributed by atoms with Gasteiger partial charge in [0.25, 0.3) is 0 Å². The van der Waals surface area contributed by atoms with Gasteiger partial charge in [0.05, 0.1) is 0 Å². The molecule has 0 aliphatic carbocycles. The summed E-state index contributed by atoms with van der Waals surface area (Å²) in [6.07, 6.45) is 0.318. The van der Waals surface area contributed by atoms with Gasteiger partial charge in [-0.2, -0.15) is 4.98 Å². The summed E-state index contributed by atoms with van der Waals surface area (Å²) in [7, 11) is 0. The van der Waals surface area contributed by atoms with Crippen molar-refractivity contribution in [3.63, 3.8) is 0 Å². The molecule has 1 aromatic rings. The van der Waals surface area contributed by atoms with Crippen LogP contribution in [0.5, 0.6) is 0 Å². The van der Waals surface area contributed by atoms with Crippen LogP contribution in [0.25, 0.3) is 0 Å². The molecule has 0 bridgehead atoms. The first-order chi connectivity index (χ1) is 8.82. The number of amides is 1. The van der Waals surface area contributed by atoms with Crippen molar-refractivity contribution in [3.05, 3.63) is 27.4 Å². The van der Waals surface area contributed by atoms with Gasteiger partial charge in [0, 0.05) is 30.8 Å². The van der Waals surface area contributed by atoms with E-state index >= 15 is 0 Å². The lowest BCUT2D eigenvalue weighted by Gasteiger charge is -2.14. The lowest BCUT2D eigenvalue weighted by molar-refractivity contribution is -0.137. The zero-order chi connectivity index (χ0) is 14.6. The third-order valence-electron chi connectivity index (χ3n) is 2.94. The van der Waals surface area contributed by atoms with Crippen molar-refractivity contribution in [2.24, 2.45) is 5.73 Å². The molecule has 0 spiro atoms. The van der Waals surface area contributed by atoms with Gasteiger partial charge in [-0.1, -0.05) is 0 Å². The van der Waals surface area contributed by atoms with Crippen molar-refractivity contribution in [3.8, 4) is 0 Å². The average molecular weight is 267 g/mol. The molecule has 0 saturated heterocycles. The van der Waals surface area contributed by atoms with Gasteiger partial charge in [-0.05, 0) is 25.8 Å². The van der Waals surface area contributed by atoms with Crippen LogP contribution in [-0.4, -0.2) is 26.5 Å². The Morgan fingerprint density at radius 1 is 1.32 bits per heavy atom. The summed E-state index contributed by atoms with van der Waals surface area (Å²) in [4.78, 5) is 37.0. The van der Waals surface area contributed by atoms with Gasteiger partial charge >= 0.3 is 11.7 Å². The summed E-state index contributed by atoms with van der Waals surface area (Å²) in [5, 5.41) is 8.71. The summed E-state index contributed by atoms with van der Waals surface area (Å²) in [5.41, 5.74) is 6.50.